The number of carbonyl (C=O) groups excluding carboxylic acids is 1. The lowest BCUT2D eigenvalue weighted by Crippen LogP contribution is -2.57. The summed E-state index contributed by atoms with van der Waals surface area (Å²) in [4.78, 5) is 13.6. The third kappa shape index (κ3) is 3.68. The summed E-state index contributed by atoms with van der Waals surface area (Å²) in [5.41, 5.74) is 4.54. The maximum atomic E-state index is 13.6. The van der Waals surface area contributed by atoms with Crippen molar-refractivity contribution in [2.24, 2.45) is 0 Å². The van der Waals surface area contributed by atoms with Gasteiger partial charge in [-0.05, 0) is 56.0 Å². The predicted molar refractivity (Wildman–Crippen MR) is 139 cm³/mol. The van der Waals surface area contributed by atoms with Gasteiger partial charge in [0, 0.05) is 17.2 Å². The fourth-order valence-electron chi connectivity index (χ4n) is 4.54. The zero-order valence-corrected chi connectivity index (χ0v) is 20.8. The number of rotatable bonds is 4. The first-order chi connectivity index (χ1) is 16.4. The first kappa shape index (κ1) is 23.6. The smallest absolute Gasteiger partial charge is 0.270 e. The van der Waals surface area contributed by atoms with Crippen molar-refractivity contribution in [2.75, 3.05) is 35.8 Å². The second-order valence-corrected chi connectivity index (χ2v) is 8.47. The number of hydrogen-bond acceptors (Lipinski definition) is 7. The molecule has 2 heterocycles. The van der Waals surface area contributed by atoms with Gasteiger partial charge in [0.2, 0.25) is 0 Å². The van der Waals surface area contributed by atoms with Gasteiger partial charge in [-0.15, -0.1) is 0 Å². The Kier molecular flexibility index (Phi) is 6.27. The number of carbonyl (C=O) groups is 1. The SMILES string of the molecule is COc1cc(O)ccc1-c1ccc2c3c1CN(c1ccccc1OC)N3C(=O)C(C)(C)N2.CS. The Morgan fingerprint density at radius 2 is 1.65 bits per heavy atom. The number of benzene rings is 3. The van der Waals surface area contributed by atoms with Gasteiger partial charge in [0.1, 0.15) is 28.5 Å². The van der Waals surface area contributed by atoms with E-state index in [1.165, 1.54) is 0 Å². The molecule has 3 aromatic carbocycles. The molecular formula is C26H29N3O4S. The quantitative estimate of drug-likeness (QED) is 0.453. The van der Waals surface area contributed by atoms with Crippen LogP contribution < -0.4 is 24.8 Å². The fourth-order valence-corrected chi connectivity index (χ4v) is 4.54. The van der Waals surface area contributed by atoms with Crippen molar-refractivity contribution in [1.29, 1.82) is 0 Å². The van der Waals surface area contributed by atoms with E-state index in [0.717, 1.165) is 33.8 Å². The number of methoxy groups -OCH3 is 2. The standard InChI is InChI=1S/C25H25N3O4.CH4S/c1-25(2)24(30)28-23-18(14-27(28)20-7-5-6-8-21(20)31-3)16(11-12-19(23)26-25)17-10-9-15(29)13-22(17)32-4;1-2/h5-13,26,29H,14H2,1-4H3;2H,1H3. The predicted octanol–water partition coefficient (Wildman–Crippen LogP) is 5.09. The molecule has 0 fully saturated rings. The second-order valence-electron chi connectivity index (χ2n) is 8.47. The molecule has 2 aliphatic rings. The van der Waals surface area contributed by atoms with Crippen molar-refractivity contribution in [3.63, 3.8) is 0 Å². The number of nitrogens with zero attached hydrogens (tertiary/aromatic N) is 2. The molecule has 0 aliphatic carbocycles. The lowest BCUT2D eigenvalue weighted by Gasteiger charge is -2.41. The Morgan fingerprint density at radius 3 is 2.35 bits per heavy atom. The van der Waals surface area contributed by atoms with Crippen LogP contribution in [0.5, 0.6) is 17.2 Å². The monoisotopic (exact) mass is 479 g/mol. The maximum absolute atomic E-state index is 13.6. The molecule has 0 spiro atoms. The number of amides is 1. The van der Waals surface area contributed by atoms with Gasteiger partial charge in [-0.3, -0.25) is 9.80 Å². The second kappa shape index (κ2) is 9.02. The molecule has 2 aliphatic heterocycles. The summed E-state index contributed by atoms with van der Waals surface area (Å²) < 4.78 is 11.2. The van der Waals surface area contributed by atoms with Crippen molar-refractivity contribution in [2.45, 2.75) is 25.9 Å². The average molecular weight is 480 g/mol. The summed E-state index contributed by atoms with van der Waals surface area (Å²) in [7, 11) is 3.21. The van der Waals surface area contributed by atoms with Gasteiger partial charge in [-0.25, -0.2) is 5.01 Å². The van der Waals surface area contributed by atoms with Crippen molar-refractivity contribution < 1.29 is 19.4 Å². The minimum atomic E-state index is -0.771. The molecule has 0 aromatic heterocycles. The summed E-state index contributed by atoms with van der Waals surface area (Å²) in [6, 6.07) is 16.8. The topological polar surface area (TPSA) is 74.3 Å². The van der Waals surface area contributed by atoms with Crippen LogP contribution in [-0.2, 0) is 11.3 Å². The Morgan fingerprint density at radius 1 is 0.971 bits per heavy atom. The van der Waals surface area contributed by atoms with Crippen LogP contribution in [0.25, 0.3) is 11.1 Å². The van der Waals surface area contributed by atoms with Crippen molar-refractivity contribution in [3.8, 4) is 28.4 Å². The summed E-state index contributed by atoms with van der Waals surface area (Å²) in [6.07, 6.45) is 1.69. The Labute approximate surface area is 205 Å². The molecule has 178 valence electrons. The zero-order chi connectivity index (χ0) is 24.6. The van der Waals surface area contributed by atoms with Crippen molar-refractivity contribution in [3.05, 3.63) is 60.2 Å². The van der Waals surface area contributed by atoms with E-state index < -0.39 is 5.54 Å². The van der Waals surface area contributed by atoms with Crippen LogP contribution in [-0.4, -0.2) is 37.0 Å². The number of para-hydroxylation sites is 2. The zero-order valence-electron chi connectivity index (χ0n) is 19.9. The number of phenolic OH excluding ortho intramolecular Hbond substituents is 1. The van der Waals surface area contributed by atoms with E-state index in [0.29, 0.717) is 18.0 Å². The molecule has 2 N–H and O–H groups in total. The largest absolute Gasteiger partial charge is 0.508 e. The van der Waals surface area contributed by atoms with Gasteiger partial charge in [-0.1, -0.05) is 18.2 Å². The van der Waals surface area contributed by atoms with Crippen LogP contribution in [0.1, 0.15) is 19.4 Å². The molecule has 8 heteroatoms. The molecule has 0 unspecified atom stereocenters. The highest BCUT2D eigenvalue weighted by molar-refractivity contribution is 7.79. The average Bonchev–Trinajstić information content (AvgIpc) is 3.25. The van der Waals surface area contributed by atoms with Gasteiger partial charge in [-0.2, -0.15) is 12.6 Å². The first-order valence-electron chi connectivity index (χ1n) is 10.9. The molecule has 0 bridgehead atoms. The van der Waals surface area contributed by atoms with E-state index in [4.69, 9.17) is 9.47 Å². The number of thiol groups is 1. The van der Waals surface area contributed by atoms with Crippen LogP contribution in [0.2, 0.25) is 0 Å². The van der Waals surface area contributed by atoms with E-state index in [1.54, 1.807) is 37.6 Å². The third-order valence-electron chi connectivity index (χ3n) is 6.06. The minimum absolute atomic E-state index is 0.0514. The molecule has 5 rings (SSSR count). The lowest BCUT2D eigenvalue weighted by molar-refractivity contribution is -0.122. The van der Waals surface area contributed by atoms with Gasteiger partial charge in [0.05, 0.1) is 32.1 Å². The third-order valence-corrected chi connectivity index (χ3v) is 6.06. The normalized spacial score (nSPS) is 15.2. The number of aromatic hydroxyl groups is 1. The molecule has 0 radical (unpaired) electrons. The van der Waals surface area contributed by atoms with Gasteiger partial charge < -0.3 is 19.9 Å². The molecule has 34 heavy (non-hydrogen) atoms. The highest BCUT2D eigenvalue weighted by Crippen LogP contribution is 2.51. The minimum Gasteiger partial charge on any atom is -0.508 e. The van der Waals surface area contributed by atoms with Gasteiger partial charge in [0.25, 0.3) is 5.91 Å². The van der Waals surface area contributed by atoms with Gasteiger partial charge >= 0.3 is 0 Å². The van der Waals surface area contributed by atoms with Crippen LogP contribution in [0.4, 0.5) is 17.1 Å². The summed E-state index contributed by atoms with van der Waals surface area (Å²) in [6.45, 7) is 4.24. The van der Waals surface area contributed by atoms with Crippen molar-refractivity contribution in [1.82, 2.24) is 0 Å². The molecule has 0 saturated carbocycles. The summed E-state index contributed by atoms with van der Waals surface area (Å²) >= 11 is 3.53. The van der Waals surface area contributed by atoms with E-state index >= 15 is 0 Å². The summed E-state index contributed by atoms with van der Waals surface area (Å²) in [5, 5.41) is 17.0. The Balaban J connectivity index is 0.00000133. The maximum Gasteiger partial charge on any atom is 0.270 e. The first-order valence-corrected chi connectivity index (χ1v) is 11.8. The Bertz CT molecular complexity index is 1240. The number of ether oxygens (including phenoxy) is 2. The Hall–Kier alpha value is -3.52. The number of nitrogens with one attached hydrogen (secondary N) is 1. The molecule has 3 aromatic rings. The lowest BCUT2D eigenvalue weighted by atomic mass is 9.93. The number of hydrogen-bond donors (Lipinski definition) is 3. The number of hydrazine groups is 1. The van der Waals surface area contributed by atoms with E-state index in [-0.39, 0.29) is 11.7 Å². The highest BCUT2D eigenvalue weighted by Gasteiger charge is 2.47. The van der Waals surface area contributed by atoms with Crippen LogP contribution in [0.3, 0.4) is 0 Å². The number of phenols is 1. The van der Waals surface area contributed by atoms with Gasteiger partial charge in [0.15, 0.2) is 0 Å². The molecule has 0 atom stereocenters. The van der Waals surface area contributed by atoms with Crippen molar-refractivity contribution >= 4 is 35.6 Å². The highest BCUT2D eigenvalue weighted by atomic mass is 32.1. The van der Waals surface area contributed by atoms with Crippen LogP contribution in [0, 0.1) is 0 Å². The number of anilines is 3. The molecule has 7 nitrogen and oxygen atoms in total. The fraction of sp³-hybridized carbons (Fsp3) is 0.269. The molecular weight excluding hydrogens is 450 g/mol. The summed E-state index contributed by atoms with van der Waals surface area (Å²) in [5.74, 6) is 1.34. The van der Waals surface area contributed by atoms with E-state index in [9.17, 15) is 9.90 Å². The molecule has 1 amide bonds. The van der Waals surface area contributed by atoms with E-state index in [1.807, 2.05) is 61.3 Å². The van der Waals surface area contributed by atoms with E-state index in [2.05, 4.69) is 17.9 Å². The molecule has 0 saturated heterocycles. The van der Waals surface area contributed by atoms with Crippen LogP contribution >= 0.6 is 12.6 Å². The van der Waals surface area contributed by atoms with Crippen LogP contribution in [0.15, 0.2) is 54.6 Å².